The zero-order valence-electron chi connectivity index (χ0n) is 7.22. The SMILES string of the molecule is CC(C)([C]=O)CC(=O)OCCI. The van der Waals surface area contributed by atoms with Crippen LogP contribution in [0.2, 0.25) is 0 Å². The molecule has 3 nitrogen and oxygen atoms in total. The van der Waals surface area contributed by atoms with Crippen LogP contribution in [0, 0.1) is 5.41 Å². The number of rotatable bonds is 5. The quantitative estimate of drug-likeness (QED) is 0.436. The summed E-state index contributed by atoms with van der Waals surface area (Å²) in [5.74, 6) is -0.333. The first-order valence-corrected chi connectivity index (χ1v) is 5.15. The molecule has 0 rings (SSSR count). The van der Waals surface area contributed by atoms with Crippen LogP contribution in [-0.4, -0.2) is 23.3 Å². The van der Waals surface area contributed by atoms with E-state index in [1.807, 2.05) is 0 Å². The Kier molecular flexibility index (Phi) is 5.44. The van der Waals surface area contributed by atoms with Crippen LogP contribution in [0.5, 0.6) is 0 Å². The molecule has 0 N–H and O–H groups in total. The molecule has 12 heavy (non-hydrogen) atoms. The molecule has 0 saturated carbocycles. The lowest BCUT2D eigenvalue weighted by Crippen LogP contribution is -2.20. The number of carbonyl (C=O) groups excluding carboxylic acids is 2. The lowest BCUT2D eigenvalue weighted by atomic mass is 9.92. The summed E-state index contributed by atoms with van der Waals surface area (Å²) >= 11 is 2.11. The molecule has 1 radical (unpaired) electrons. The predicted octanol–water partition coefficient (Wildman–Crippen LogP) is 1.49. The van der Waals surface area contributed by atoms with Gasteiger partial charge in [0.05, 0.1) is 6.42 Å². The number of hydrogen-bond donors (Lipinski definition) is 0. The molecule has 0 atom stereocenters. The van der Waals surface area contributed by atoms with Crippen LogP contribution in [0.1, 0.15) is 20.3 Å². The number of halogens is 1. The third-order valence-corrected chi connectivity index (χ3v) is 1.64. The van der Waals surface area contributed by atoms with Crippen molar-refractivity contribution in [1.29, 1.82) is 0 Å². The van der Waals surface area contributed by atoms with Gasteiger partial charge >= 0.3 is 5.97 Å². The Morgan fingerprint density at radius 1 is 1.58 bits per heavy atom. The highest BCUT2D eigenvalue weighted by molar-refractivity contribution is 14.1. The van der Waals surface area contributed by atoms with Gasteiger partial charge in [-0.05, 0) is 0 Å². The molecule has 4 heteroatoms. The monoisotopic (exact) mass is 283 g/mol. The molecule has 0 aliphatic carbocycles. The Hall–Kier alpha value is -0.130. The number of hydrogen-bond acceptors (Lipinski definition) is 3. The molecule has 0 heterocycles. The smallest absolute Gasteiger partial charge is 0.306 e. The van der Waals surface area contributed by atoms with Gasteiger partial charge in [-0.1, -0.05) is 36.4 Å². The van der Waals surface area contributed by atoms with Crippen LogP contribution in [0.25, 0.3) is 0 Å². The molecule has 0 unspecified atom stereocenters. The normalized spacial score (nSPS) is 10.9. The first kappa shape index (κ1) is 11.9. The molecule has 0 bridgehead atoms. The Morgan fingerprint density at radius 2 is 2.17 bits per heavy atom. The largest absolute Gasteiger partial charge is 0.465 e. The van der Waals surface area contributed by atoms with E-state index in [0.29, 0.717) is 6.61 Å². The average Bonchev–Trinajstić information content (AvgIpc) is 2.00. The van der Waals surface area contributed by atoms with Crippen molar-refractivity contribution in [3.63, 3.8) is 0 Å². The summed E-state index contributed by atoms with van der Waals surface area (Å²) in [6, 6.07) is 0. The highest BCUT2D eigenvalue weighted by atomic mass is 127. The van der Waals surface area contributed by atoms with E-state index in [9.17, 15) is 9.59 Å². The summed E-state index contributed by atoms with van der Waals surface area (Å²) in [6.45, 7) is 3.73. The maximum absolute atomic E-state index is 11.0. The Balaban J connectivity index is 3.76. The van der Waals surface area contributed by atoms with E-state index in [1.54, 1.807) is 20.1 Å². The van der Waals surface area contributed by atoms with E-state index < -0.39 is 5.41 Å². The van der Waals surface area contributed by atoms with Crippen molar-refractivity contribution < 1.29 is 14.3 Å². The van der Waals surface area contributed by atoms with Gasteiger partial charge in [0, 0.05) is 9.84 Å². The lowest BCUT2D eigenvalue weighted by molar-refractivity contribution is -0.144. The van der Waals surface area contributed by atoms with Crippen molar-refractivity contribution >= 4 is 34.8 Å². The zero-order valence-corrected chi connectivity index (χ0v) is 9.38. The predicted molar refractivity (Wildman–Crippen MR) is 53.9 cm³/mol. The fourth-order valence-electron chi connectivity index (χ4n) is 0.600. The van der Waals surface area contributed by atoms with Crippen LogP contribution in [0.15, 0.2) is 0 Å². The minimum Gasteiger partial charge on any atom is -0.465 e. The fourth-order valence-corrected chi connectivity index (χ4v) is 0.821. The first-order chi connectivity index (χ1) is 5.52. The van der Waals surface area contributed by atoms with Crippen LogP contribution in [0.3, 0.4) is 0 Å². The average molecular weight is 283 g/mol. The van der Waals surface area contributed by atoms with Gasteiger partial charge in [0.1, 0.15) is 6.61 Å². The molecule has 0 aliphatic heterocycles. The molecule has 0 fully saturated rings. The molecule has 0 aromatic heterocycles. The fraction of sp³-hybridized carbons (Fsp3) is 0.750. The van der Waals surface area contributed by atoms with Gasteiger partial charge in [-0.3, -0.25) is 9.59 Å². The highest BCUT2D eigenvalue weighted by Crippen LogP contribution is 2.16. The molecule has 0 saturated heterocycles. The van der Waals surface area contributed by atoms with Crippen molar-refractivity contribution in [1.82, 2.24) is 0 Å². The second-order valence-corrected chi connectivity index (χ2v) is 4.15. The third kappa shape index (κ3) is 5.51. The standard InChI is InChI=1S/C8H12IO3/c1-8(2,6-10)5-7(11)12-4-3-9/h3-5H2,1-2H3. The van der Waals surface area contributed by atoms with Gasteiger partial charge < -0.3 is 4.74 Å². The van der Waals surface area contributed by atoms with Crippen molar-refractivity contribution in [2.24, 2.45) is 5.41 Å². The minimum atomic E-state index is -0.720. The third-order valence-electron chi connectivity index (χ3n) is 1.20. The van der Waals surface area contributed by atoms with Gasteiger partial charge in [-0.2, -0.15) is 0 Å². The number of ether oxygens (including phenoxy) is 1. The number of esters is 1. The first-order valence-electron chi connectivity index (χ1n) is 3.63. The van der Waals surface area contributed by atoms with Crippen LogP contribution < -0.4 is 0 Å². The zero-order chi connectivity index (χ0) is 9.61. The summed E-state index contributed by atoms with van der Waals surface area (Å²) in [5, 5.41) is 0. The molecule has 69 valence electrons. The van der Waals surface area contributed by atoms with Crippen LogP contribution in [0.4, 0.5) is 0 Å². The summed E-state index contributed by atoms with van der Waals surface area (Å²) < 4.78 is 5.58. The van der Waals surface area contributed by atoms with E-state index >= 15 is 0 Å². The van der Waals surface area contributed by atoms with Crippen molar-refractivity contribution in [3.8, 4) is 0 Å². The minimum absolute atomic E-state index is 0.104. The maximum atomic E-state index is 11.0. The second kappa shape index (κ2) is 5.50. The van der Waals surface area contributed by atoms with Crippen molar-refractivity contribution in [3.05, 3.63) is 0 Å². The molecule has 0 aliphatic rings. The van der Waals surface area contributed by atoms with E-state index in [-0.39, 0.29) is 12.4 Å². The van der Waals surface area contributed by atoms with E-state index in [4.69, 9.17) is 4.74 Å². The second-order valence-electron chi connectivity index (χ2n) is 3.07. The van der Waals surface area contributed by atoms with Gasteiger partial charge in [0.2, 0.25) is 6.29 Å². The molecular weight excluding hydrogens is 271 g/mol. The summed E-state index contributed by atoms with van der Waals surface area (Å²) in [4.78, 5) is 21.3. The lowest BCUT2D eigenvalue weighted by Gasteiger charge is -2.13. The topological polar surface area (TPSA) is 43.4 Å². The number of alkyl halides is 1. The van der Waals surface area contributed by atoms with Gasteiger partial charge in [-0.25, -0.2) is 0 Å². The molecule has 0 spiro atoms. The summed E-state index contributed by atoms with van der Waals surface area (Å²) in [7, 11) is 0. The van der Waals surface area contributed by atoms with Gasteiger partial charge in [-0.15, -0.1) is 0 Å². The van der Waals surface area contributed by atoms with E-state index in [1.165, 1.54) is 0 Å². The summed E-state index contributed by atoms with van der Waals surface area (Å²) in [5.41, 5.74) is -0.720. The van der Waals surface area contributed by atoms with Crippen LogP contribution in [-0.2, 0) is 14.3 Å². The molecular formula is C8H12IO3. The Bertz CT molecular complexity index is 166. The Labute approximate surface area is 86.0 Å². The molecule has 0 amide bonds. The maximum Gasteiger partial charge on any atom is 0.306 e. The highest BCUT2D eigenvalue weighted by Gasteiger charge is 2.22. The summed E-state index contributed by atoms with van der Waals surface area (Å²) in [6.07, 6.45) is 1.90. The molecule has 0 aromatic carbocycles. The van der Waals surface area contributed by atoms with Gasteiger partial charge in [0.15, 0.2) is 0 Å². The molecule has 0 aromatic rings. The number of carbonyl (C=O) groups is 1. The van der Waals surface area contributed by atoms with Crippen LogP contribution >= 0.6 is 22.6 Å². The van der Waals surface area contributed by atoms with Gasteiger partial charge in [0.25, 0.3) is 0 Å². The van der Waals surface area contributed by atoms with E-state index in [0.717, 1.165) is 4.43 Å². The Morgan fingerprint density at radius 3 is 2.58 bits per heavy atom. The van der Waals surface area contributed by atoms with Crippen molar-refractivity contribution in [2.75, 3.05) is 11.0 Å². The van der Waals surface area contributed by atoms with E-state index in [2.05, 4.69) is 22.6 Å². The van der Waals surface area contributed by atoms with Crippen molar-refractivity contribution in [2.45, 2.75) is 20.3 Å².